The first-order valence-corrected chi connectivity index (χ1v) is 8.23. The van der Waals surface area contributed by atoms with Crippen molar-refractivity contribution >= 4 is 26.0 Å². The maximum Gasteiger partial charge on any atom is 0.212 e. The van der Waals surface area contributed by atoms with E-state index in [1.165, 1.54) is 0 Å². The number of alkyl halides is 1. The van der Waals surface area contributed by atoms with E-state index in [0.29, 0.717) is 13.0 Å². The molecule has 0 bridgehead atoms. The van der Waals surface area contributed by atoms with Gasteiger partial charge in [0, 0.05) is 24.6 Å². The molecule has 6 heteroatoms. The molecule has 98 valence electrons. The Hall–Kier alpha value is 0.350. The van der Waals surface area contributed by atoms with Crippen LogP contribution in [0.2, 0.25) is 0 Å². The van der Waals surface area contributed by atoms with E-state index in [2.05, 4.69) is 20.7 Å². The third-order valence-corrected chi connectivity index (χ3v) is 4.62. The van der Waals surface area contributed by atoms with E-state index in [4.69, 9.17) is 4.74 Å². The Bertz CT molecular complexity index is 282. The summed E-state index contributed by atoms with van der Waals surface area (Å²) in [5, 5.41) is 0.790. The van der Waals surface area contributed by atoms with Crippen molar-refractivity contribution in [2.45, 2.75) is 38.6 Å². The van der Waals surface area contributed by atoms with Crippen LogP contribution in [0, 0.1) is 0 Å². The summed E-state index contributed by atoms with van der Waals surface area (Å²) in [6, 6.07) is 0. The molecule has 0 heterocycles. The molecule has 0 aliphatic carbocycles. The Morgan fingerprint density at radius 2 is 2.06 bits per heavy atom. The van der Waals surface area contributed by atoms with Gasteiger partial charge in [0.15, 0.2) is 0 Å². The summed E-state index contributed by atoms with van der Waals surface area (Å²) in [7, 11) is -1.63. The van der Waals surface area contributed by atoms with Crippen LogP contribution in [0.25, 0.3) is 0 Å². The molecule has 0 radical (unpaired) electrons. The normalized spacial score (nSPS) is 16.0. The molecule has 1 atom stereocenters. The van der Waals surface area contributed by atoms with Crippen molar-refractivity contribution in [2.75, 3.05) is 24.8 Å². The van der Waals surface area contributed by atoms with Crippen molar-refractivity contribution in [3.63, 3.8) is 0 Å². The standard InChI is InChI=1S/C10H22BrNO3S/c1-4-10(2,6-7-11)12-16(13,14)9-5-8-15-3/h12H,4-9H2,1-3H3. The second-order valence-electron chi connectivity index (χ2n) is 4.12. The lowest BCUT2D eigenvalue weighted by molar-refractivity contribution is 0.199. The highest BCUT2D eigenvalue weighted by molar-refractivity contribution is 9.09. The minimum absolute atomic E-state index is 0.124. The second-order valence-corrected chi connectivity index (χ2v) is 6.76. The van der Waals surface area contributed by atoms with E-state index in [-0.39, 0.29) is 11.3 Å². The average molecular weight is 316 g/mol. The van der Waals surface area contributed by atoms with Gasteiger partial charge in [0.1, 0.15) is 0 Å². The molecule has 16 heavy (non-hydrogen) atoms. The van der Waals surface area contributed by atoms with Gasteiger partial charge in [-0.1, -0.05) is 22.9 Å². The molecule has 0 spiro atoms. The number of rotatable bonds is 9. The Labute approximate surface area is 107 Å². The van der Waals surface area contributed by atoms with Crippen LogP contribution >= 0.6 is 15.9 Å². The zero-order chi connectivity index (χ0) is 12.7. The number of nitrogens with one attached hydrogen (secondary N) is 1. The predicted octanol–water partition coefficient (Wildman–Crippen LogP) is 1.90. The third kappa shape index (κ3) is 6.83. The summed E-state index contributed by atoms with van der Waals surface area (Å²) in [5.74, 6) is 0.124. The zero-order valence-electron chi connectivity index (χ0n) is 10.3. The summed E-state index contributed by atoms with van der Waals surface area (Å²) in [4.78, 5) is 0. The predicted molar refractivity (Wildman–Crippen MR) is 70.5 cm³/mol. The number of hydrogen-bond donors (Lipinski definition) is 1. The Kier molecular flexibility index (Phi) is 7.80. The minimum atomic E-state index is -3.20. The van der Waals surface area contributed by atoms with E-state index in [9.17, 15) is 8.42 Å². The first-order chi connectivity index (χ1) is 7.39. The van der Waals surface area contributed by atoms with Gasteiger partial charge in [-0.2, -0.15) is 0 Å². The van der Waals surface area contributed by atoms with Gasteiger partial charge in [-0.25, -0.2) is 13.1 Å². The maximum absolute atomic E-state index is 11.8. The third-order valence-electron chi connectivity index (χ3n) is 2.59. The molecule has 0 fully saturated rings. The topological polar surface area (TPSA) is 55.4 Å². The Balaban J connectivity index is 4.31. The van der Waals surface area contributed by atoms with Crippen LogP contribution in [0.1, 0.15) is 33.1 Å². The molecular formula is C10H22BrNO3S. The van der Waals surface area contributed by atoms with Crippen LogP contribution in [0.15, 0.2) is 0 Å². The molecule has 0 aliphatic rings. The minimum Gasteiger partial charge on any atom is -0.385 e. The lowest BCUT2D eigenvalue weighted by atomic mass is 9.98. The smallest absolute Gasteiger partial charge is 0.212 e. The number of hydrogen-bond acceptors (Lipinski definition) is 3. The fourth-order valence-electron chi connectivity index (χ4n) is 1.33. The summed E-state index contributed by atoms with van der Waals surface area (Å²) < 4.78 is 31.2. The summed E-state index contributed by atoms with van der Waals surface area (Å²) in [6.07, 6.45) is 2.09. The monoisotopic (exact) mass is 315 g/mol. The van der Waals surface area contributed by atoms with E-state index in [0.717, 1.165) is 18.2 Å². The van der Waals surface area contributed by atoms with Gasteiger partial charge in [0.2, 0.25) is 10.0 Å². The lowest BCUT2D eigenvalue weighted by Gasteiger charge is -2.28. The van der Waals surface area contributed by atoms with Crippen LogP contribution in [0.4, 0.5) is 0 Å². The molecule has 0 amide bonds. The van der Waals surface area contributed by atoms with Gasteiger partial charge < -0.3 is 4.74 Å². The first-order valence-electron chi connectivity index (χ1n) is 5.45. The molecular weight excluding hydrogens is 294 g/mol. The summed E-state index contributed by atoms with van der Waals surface area (Å²) in [5.41, 5.74) is -0.352. The van der Waals surface area contributed by atoms with E-state index < -0.39 is 10.0 Å². The van der Waals surface area contributed by atoms with E-state index >= 15 is 0 Å². The van der Waals surface area contributed by atoms with Crippen LogP contribution in [-0.2, 0) is 14.8 Å². The molecule has 0 aliphatic heterocycles. The van der Waals surface area contributed by atoms with E-state index in [1.807, 2.05) is 13.8 Å². The largest absolute Gasteiger partial charge is 0.385 e. The Morgan fingerprint density at radius 1 is 1.44 bits per heavy atom. The molecule has 0 saturated carbocycles. The van der Waals surface area contributed by atoms with Crippen LogP contribution in [-0.4, -0.2) is 38.8 Å². The number of methoxy groups -OCH3 is 1. The van der Waals surface area contributed by atoms with Crippen LogP contribution in [0.5, 0.6) is 0 Å². The van der Waals surface area contributed by atoms with Gasteiger partial charge in [0.05, 0.1) is 5.75 Å². The average Bonchev–Trinajstić information content (AvgIpc) is 2.17. The SMILES string of the molecule is CCC(C)(CCBr)NS(=O)(=O)CCCOC. The Morgan fingerprint density at radius 3 is 2.50 bits per heavy atom. The highest BCUT2D eigenvalue weighted by atomic mass is 79.9. The number of ether oxygens (including phenoxy) is 1. The molecule has 0 aromatic rings. The van der Waals surface area contributed by atoms with Gasteiger partial charge >= 0.3 is 0 Å². The maximum atomic E-state index is 11.8. The van der Waals surface area contributed by atoms with Crippen molar-refractivity contribution in [1.82, 2.24) is 4.72 Å². The highest BCUT2D eigenvalue weighted by Crippen LogP contribution is 2.17. The molecule has 1 N–H and O–H groups in total. The molecule has 0 saturated heterocycles. The van der Waals surface area contributed by atoms with Crippen molar-refractivity contribution in [3.8, 4) is 0 Å². The molecule has 1 unspecified atom stereocenters. The van der Waals surface area contributed by atoms with Crippen molar-refractivity contribution in [1.29, 1.82) is 0 Å². The van der Waals surface area contributed by atoms with Gasteiger partial charge in [-0.05, 0) is 26.2 Å². The molecule has 0 rings (SSSR count). The summed E-state index contributed by atoms with van der Waals surface area (Å²) in [6.45, 7) is 4.39. The quantitative estimate of drug-likeness (QED) is 0.522. The lowest BCUT2D eigenvalue weighted by Crippen LogP contribution is -2.46. The van der Waals surface area contributed by atoms with Crippen LogP contribution in [0.3, 0.4) is 0 Å². The van der Waals surface area contributed by atoms with Crippen molar-refractivity contribution in [2.24, 2.45) is 0 Å². The van der Waals surface area contributed by atoms with E-state index in [1.54, 1.807) is 7.11 Å². The number of sulfonamides is 1. The first kappa shape index (κ1) is 16.4. The van der Waals surface area contributed by atoms with Crippen molar-refractivity contribution < 1.29 is 13.2 Å². The van der Waals surface area contributed by atoms with Gasteiger partial charge in [-0.15, -0.1) is 0 Å². The fraction of sp³-hybridized carbons (Fsp3) is 1.00. The van der Waals surface area contributed by atoms with Gasteiger partial charge in [-0.3, -0.25) is 0 Å². The fourth-order valence-corrected chi connectivity index (χ4v) is 3.80. The van der Waals surface area contributed by atoms with Crippen LogP contribution < -0.4 is 4.72 Å². The highest BCUT2D eigenvalue weighted by Gasteiger charge is 2.26. The van der Waals surface area contributed by atoms with Crippen molar-refractivity contribution in [3.05, 3.63) is 0 Å². The zero-order valence-corrected chi connectivity index (χ0v) is 12.7. The molecule has 4 nitrogen and oxygen atoms in total. The second kappa shape index (κ2) is 7.63. The summed E-state index contributed by atoms with van der Waals surface area (Å²) >= 11 is 3.34. The molecule has 0 aromatic carbocycles. The molecule has 0 aromatic heterocycles. The number of halogens is 1. The van der Waals surface area contributed by atoms with Gasteiger partial charge in [0.25, 0.3) is 0 Å².